The average Bonchev–Trinajstić information content (AvgIpc) is 2.94. The Bertz CT molecular complexity index is 923. The van der Waals surface area contributed by atoms with Crippen LogP contribution in [0, 0.1) is 23.7 Å². The number of carboxylic acid groups (broad SMARTS) is 1. The molecule has 0 aliphatic heterocycles. The summed E-state index contributed by atoms with van der Waals surface area (Å²) in [5.74, 6) is -2.85. The van der Waals surface area contributed by atoms with E-state index in [-0.39, 0.29) is 30.8 Å². The quantitative estimate of drug-likeness (QED) is 0.183. The number of hydrogen-bond acceptors (Lipinski definition) is 10. The number of ether oxygens (including phenoxy) is 1. The maximum Gasteiger partial charge on any atom is 0.310 e. The van der Waals surface area contributed by atoms with Crippen LogP contribution in [0.5, 0.6) is 0 Å². The topological polar surface area (TPSA) is 166 Å². The van der Waals surface area contributed by atoms with Crippen LogP contribution < -0.4 is 0 Å². The standard InChI is InChI=1S/C28H46O11S/c29-20-5-14-25(26(15-20)27(30)31)28(32)38-21-6-10-23(11-7-21)40(34,35)24-12-8-22(9-13-24)39-37-17-19-4-2-1-3-18(19)16-36-33/h18-26,29,33H,1-17H2,(H,30,31). The first-order chi connectivity index (χ1) is 19.2. The van der Waals surface area contributed by atoms with Crippen molar-refractivity contribution < 1.29 is 52.9 Å². The van der Waals surface area contributed by atoms with Gasteiger partial charge in [0, 0.05) is 0 Å². The number of carboxylic acids is 1. The van der Waals surface area contributed by atoms with Crippen LogP contribution in [0.1, 0.15) is 96.3 Å². The minimum absolute atomic E-state index is 0.0422. The smallest absolute Gasteiger partial charge is 0.310 e. The first kappa shape index (κ1) is 31.6. The average molecular weight is 591 g/mol. The molecule has 0 amide bonds. The van der Waals surface area contributed by atoms with Crippen LogP contribution in [0.15, 0.2) is 0 Å². The van der Waals surface area contributed by atoms with Gasteiger partial charge in [0.05, 0.1) is 47.8 Å². The molecule has 0 radical (unpaired) electrons. The summed E-state index contributed by atoms with van der Waals surface area (Å²) < 4.78 is 32.4. The summed E-state index contributed by atoms with van der Waals surface area (Å²) in [6.07, 6.45) is 7.70. The van der Waals surface area contributed by atoms with Crippen LogP contribution in [0.4, 0.5) is 0 Å². The number of esters is 1. The Labute approximate surface area is 236 Å². The normalized spacial score (nSPS) is 37.5. The van der Waals surface area contributed by atoms with Gasteiger partial charge < -0.3 is 14.9 Å². The number of aliphatic hydroxyl groups excluding tert-OH is 1. The van der Waals surface area contributed by atoms with E-state index < -0.39 is 56.3 Å². The highest BCUT2D eigenvalue weighted by Crippen LogP contribution is 2.37. The van der Waals surface area contributed by atoms with E-state index in [0.717, 1.165) is 25.7 Å². The van der Waals surface area contributed by atoms with Gasteiger partial charge in [-0.2, -0.15) is 0 Å². The number of carbonyl (C=O) groups is 2. The molecule has 230 valence electrons. The highest BCUT2D eigenvalue weighted by Gasteiger charge is 2.43. The first-order valence-corrected chi connectivity index (χ1v) is 16.7. The van der Waals surface area contributed by atoms with E-state index in [4.69, 9.17) is 19.8 Å². The summed E-state index contributed by atoms with van der Waals surface area (Å²) in [4.78, 5) is 39.9. The summed E-state index contributed by atoms with van der Waals surface area (Å²) in [6, 6.07) is 0. The Kier molecular flexibility index (Phi) is 11.6. The lowest BCUT2D eigenvalue weighted by Crippen LogP contribution is -2.41. The third kappa shape index (κ3) is 8.16. The van der Waals surface area contributed by atoms with Crippen molar-refractivity contribution in [3.63, 3.8) is 0 Å². The molecule has 12 heteroatoms. The zero-order valence-corrected chi connectivity index (χ0v) is 24.0. The van der Waals surface area contributed by atoms with Crippen molar-refractivity contribution in [2.45, 2.75) is 125 Å². The molecule has 0 saturated heterocycles. The van der Waals surface area contributed by atoms with Crippen molar-refractivity contribution >= 4 is 21.8 Å². The Hall–Kier alpha value is -1.31. The van der Waals surface area contributed by atoms with Gasteiger partial charge in [-0.25, -0.2) is 23.1 Å². The SMILES string of the molecule is O=C(O)C1CC(O)CCC1C(=O)OC1CCC(S(=O)(=O)C2CCC(OOCC3CCCCC3COO)CC2)CC1. The molecule has 4 rings (SSSR count). The van der Waals surface area contributed by atoms with Crippen molar-refractivity contribution in [2.75, 3.05) is 13.2 Å². The first-order valence-electron chi connectivity index (χ1n) is 15.1. The third-order valence-electron chi connectivity index (χ3n) is 9.74. The Morgan fingerprint density at radius 2 is 1.30 bits per heavy atom. The predicted octanol–water partition coefficient (Wildman–Crippen LogP) is 3.67. The van der Waals surface area contributed by atoms with E-state index in [1.165, 1.54) is 0 Å². The summed E-state index contributed by atoms with van der Waals surface area (Å²) >= 11 is 0. The number of aliphatic carboxylic acids is 1. The van der Waals surface area contributed by atoms with Crippen molar-refractivity contribution in [3.8, 4) is 0 Å². The van der Waals surface area contributed by atoms with Gasteiger partial charge in [-0.05, 0) is 95.3 Å². The molecule has 0 bridgehead atoms. The van der Waals surface area contributed by atoms with Gasteiger partial charge in [0.25, 0.3) is 0 Å². The van der Waals surface area contributed by atoms with Crippen molar-refractivity contribution in [1.29, 1.82) is 0 Å². The zero-order chi connectivity index (χ0) is 28.7. The van der Waals surface area contributed by atoms with Crippen LogP contribution in [-0.2, 0) is 38.8 Å². The maximum absolute atomic E-state index is 13.4. The molecular weight excluding hydrogens is 544 g/mol. The van der Waals surface area contributed by atoms with Gasteiger partial charge in [-0.15, -0.1) is 0 Å². The molecule has 4 aliphatic carbocycles. The van der Waals surface area contributed by atoms with Crippen LogP contribution in [0.25, 0.3) is 0 Å². The van der Waals surface area contributed by atoms with Crippen LogP contribution >= 0.6 is 0 Å². The second kappa shape index (κ2) is 14.7. The summed E-state index contributed by atoms with van der Waals surface area (Å²) in [6.45, 7) is 0.748. The second-order valence-corrected chi connectivity index (χ2v) is 14.8. The monoisotopic (exact) mass is 590 g/mol. The van der Waals surface area contributed by atoms with Gasteiger partial charge in [0.1, 0.15) is 6.10 Å². The molecule has 40 heavy (non-hydrogen) atoms. The third-order valence-corrected chi connectivity index (χ3v) is 12.5. The van der Waals surface area contributed by atoms with Gasteiger partial charge in [0.2, 0.25) is 0 Å². The van der Waals surface area contributed by atoms with E-state index in [9.17, 15) is 28.2 Å². The number of sulfone groups is 1. The highest BCUT2D eigenvalue weighted by atomic mass is 32.2. The fraction of sp³-hybridized carbons (Fsp3) is 0.929. The molecule has 4 fully saturated rings. The fourth-order valence-electron chi connectivity index (χ4n) is 7.20. The summed E-state index contributed by atoms with van der Waals surface area (Å²) in [5, 5.41) is 27.2. The van der Waals surface area contributed by atoms with Crippen molar-refractivity contribution in [2.24, 2.45) is 23.7 Å². The molecule has 0 aromatic heterocycles. The molecule has 0 heterocycles. The van der Waals surface area contributed by atoms with Gasteiger partial charge >= 0.3 is 11.9 Å². The molecule has 0 spiro atoms. The number of rotatable bonds is 11. The van der Waals surface area contributed by atoms with E-state index in [0.29, 0.717) is 71.0 Å². The summed E-state index contributed by atoms with van der Waals surface area (Å²) in [5.41, 5.74) is 0. The van der Waals surface area contributed by atoms with Crippen LogP contribution in [-0.4, -0.2) is 77.9 Å². The lowest BCUT2D eigenvalue weighted by atomic mass is 9.78. The maximum atomic E-state index is 13.4. The lowest BCUT2D eigenvalue weighted by Gasteiger charge is -2.35. The highest BCUT2D eigenvalue weighted by molar-refractivity contribution is 7.92. The van der Waals surface area contributed by atoms with Gasteiger partial charge in [-0.3, -0.25) is 14.8 Å². The molecule has 0 aromatic carbocycles. The minimum atomic E-state index is -3.34. The van der Waals surface area contributed by atoms with Crippen LogP contribution in [0.3, 0.4) is 0 Å². The molecule has 4 saturated carbocycles. The largest absolute Gasteiger partial charge is 0.481 e. The van der Waals surface area contributed by atoms with E-state index in [1.54, 1.807) is 0 Å². The van der Waals surface area contributed by atoms with Crippen LogP contribution in [0.2, 0.25) is 0 Å². The Morgan fingerprint density at radius 1 is 0.725 bits per heavy atom. The number of aliphatic hydroxyl groups is 1. The van der Waals surface area contributed by atoms with E-state index in [1.807, 2.05) is 0 Å². The zero-order valence-electron chi connectivity index (χ0n) is 23.2. The molecule has 11 nitrogen and oxygen atoms in total. The summed E-state index contributed by atoms with van der Waals surface area (Å²) in [7, 11) is -3.34. The second-order valence-electron chi connectivity index (χ2n) is 12.3. The number of carbonyl (C=O) groups excluding carboxylic acids is 1. The molecular formula is C28H46O11S. The van der Waals surface area contributed by atoms with E-state index >= 15 is 0 Å². The van der Waals surface area contributed by atoms with E-state index in [2.05, 4.69) is 4.89 Å². The van der Waals surface area contributed by atoms with Gasteiger partial charge in [0.15, 0.2) is 9.84 Å². The predicted molar refractivity (Wildman–Crippen MR) is 143 cm³/mol. The molecule has 3 N–H and O–H groups in total. The Morgan fingerprint density at radius 3 is 1.88 bits per heavy atom. The van der Waals surface area contributed by atoms with Gasteiger partial charge in [-0.1, -0.05) is 12.8 Å². The molecule has 5 unspecified atom stereocenters. The lowest BCUT2D eigenvalue weighted by molar-refractivity contribution is -0.338. The minimum Gasteiger partial charge on any atom is -0.481 e. The molecule has 5 atom stereocenters. The van der Waals surface area contributed by atoms with Crippen molar-refractivity contribution in [3.05, 3.63) is 0 Å². The Balaban J connectivity index is 1.17. The number of hydrogen-bond donors (Lipinski definition) is 3. The molecule has 4 aliphatic rings. The van der Waals surface area contributed by atoms with Crippen molar-refractivity contribution in [1.82, 2.24) is 0 Å². The molecule has 0 aromatic rings. The fourth-order valence-corrected chi connectivity index (χ4v) is 9.61.